The topological polar surface area (TPSA) is 75.7 Å². The van der Waals surface area contributed by atoms with Crippen LogP contribution in [0.3, 0.4) is 0 Å². The fourth-order valence-electron chi connectivity index (χ4n) is 2.75. The molecule has 3 amide bonds. The van der Waals surface area contributed by atoms with Gasteiger partial charge in [-0.3, -0.25) is 9.69 Å². The first-order valence-electron chi connectivity index (χ1n) is 7.32. The molecule has 2 aliphatic rings. The van der Waals surface area contributed by atoms with Gasteiger partial charge in [-0.2, -0.15) is 0 Å². The number of imide groups is 1. The first-order valence-corrected chi connectivity index (χ1v) is 7.32. The van der Waals surface area contributed by atoms with Crippen molar-refractivity contribution in [1.82, 2.24) is 10.2 Å². The molecule has 0 spiro atoms. The second kappa shape index (κ2) is 5.12. The quantitative estimate of drug-likeness (QED) is 0.521. The van der Waals surface area contributed by atoms with Gasteiger partial charge in [-0.15, -0.1) is 0 Å². The van der Waals surface area contributed by atoms with Crippen LogP contribution in [0.1, 0.15) is 25.3 Å². The summed E-state index contributed by atoms with van der Waals surface area (Å²) in [4.78, 5) is 37.3. The zero-order valence-corrected chi connectivity index (χ0v) is 12.6. The Balaban J connectivity index is 1.68. The summed E-state index contributed by atoms with van der Waals surface area (Å²) in [6.45, 7) is 3.17. The van der Waals surface area contributed by atoms with Crippen LogP contribution in [0.2, 0.25) is 0 Å². The van der Waals surface area contributed by atoms with Crippen LogP contribution in [0.4, 0.5) is 4.79 Å². The first-order chi connectivity index (χ1) is 10.4. The zero-order chi connectivity index (χ0) is 15.9. The van der Waals surface area contributed by atoms with E-state index in [2.05, 4.69) is 5.32 Å². The van der Waals surface area contributed by atoms with Crippen molar-refractivity contribution in [3.63, 3.8) is 0 Å². The number of nitrogens with one attached hydrogen (secondary N) is 1. The Morgan fingerprint density at radius 1 is 1.36 bits per heavy atom. The van der Waals surface area contributed by atoms with E-state index in [-0.39, 0.29) is 18.4 Å². The van der Waals surface area contributed by atoms with Crippen LogP contribution in [0.15, 0.2) is 24.3 Å². The third-order valence-corrected chi connectivity index (χ3v) is 4.30. The fraction of sp³-hybridized carbons (Fsp3) is 0.438. The Kier molecular flexibility index (Phi) is 3.39. The summed E-state index contributed by atoms with van der Waals surface area (Å²) >= 11 is 0. The third kappa shape index (κ3) is 2.45. The molecule has 1 saturated heterocycles. The van der Waals surface area contributed by atoms with Crippen molar-refractivity contribution >= 4 is 17.9 Å². The summed E-state index contributed by atoms with van der Waals surface area (Å²) in [5.41, 5.74) is -0.0594. The second-order valence-corrected chi connectivity index (χ2v) is 6.04. The molecule has 6 nitrogen and oxygen atoms in total. The van der Waals surface area contributed by atoms with E-state index < -0.39 is 17.5 Å². The normalized spacial score (nSPS) is 24.4. The van der Waals surface area contributed by atoms with Crippen molar-refractivity contribution < 1.29 is 19.1 Å². The largest absolute Gasteiger partial charge is 0.425 e. The van der Waals surface area contributed by atoms with E-state index in [1.165, 1.54) is 0 Å². The first kappa shape index (κ1) is 14.6. The van der Waals surface area contributed by atoms with Crippen molar-refractivity contribution in [3.8, 4) is 5.75 Å². The molecular formula is C16H18N2O4. The lowest BCUT2D eigenvalue weighted by atomic mass is 9.96. The van der Waals surface area contributed by atoms with Crippen molar-refractivity contribution in [2.75, 3.05) is 6.54 Å². The third-order valence-electron chi connectivity index (χ3n) is 4.30. The lowest BCUT2D eigenvalue weighted by Crippen LogP contribution is -2.46. The van der Waals surface area contributed by atoms with E-state index in [0.29, 0.717) is 5.75 Å². The molecule has 1 saturated carbocycles. The predicted octanol–water partition coefficient (Wildman–Crippen LogP) is 1.62. The summed E-state index contributed by atoms with van der Waals surface area (Å²) < 4.78 is 5.24. The molecule has 6 heteroatoms. The Hall–Kier alpha value is -2.37. The highest BCUT2D eigenvalue weighted by Gasteiger charge is 2.56. The minimum Gasteiger partial charge on any atom is -0.425 e. The van der Waals surface area contributed by atoms with E-state index >= 15 is 0 Å². The molecule has 0 bridgehead atoms. The Bertz CT molecular complexity index is 653. The number of esters is 1. The molecule has 0 radical (unpaired) electrons. The number of carbonyl (C=O) groups excluding carboxylic acids is 3. The van der Waals surface area contributed by atoms with Gasteiger partial charge in [0.15, 0.2) is 0 Å². The lowest BCUT2D eigenvalue weighted by Gasteiger charge is -2.20. The summed E-state index contributed by atoms with van der Waals surface area (Å²) in [5.74, 6) is -0.370. The van der Waals surface area contributed by atoms with Gasteiger partial charge in [0.05, 0.1) is 0 Å². The Morgan fingerprint density at radius 3 is 2.68 bits per heavy atom. The van der Waals surface area contributed by atoms with Crippen LogP contribution in [-0.2, 0) is 9.59 Å². The highest BCUT2D eigenvalue weighted by atomic mass is 16.5. The smallest absolute Gasteiger partial charge is 0.331 e. The predicted molar refractivity (Wildman–Crippen MR) is 78.2 cm³/mol. The maximum absolute atomic E-state index is 12.4. The number of carbonyl (C=O) groups is 3. The highest BCUT2D eigenvalue weighted by Crippen LogP contribution is 2.42. The molecule has 1 unspecified atom stereocenters. The van der Waals surface area contributed by atoms with E-state index in [9.17, 15) is 14.4 Å². The van der Waals surface area contributed by atoms with Crippen molar-refractivity contribution in [3.05, 3.63) is 29.8 Å². The molecule has 1 N–H and O–H groups in total. The van der Waals surface area contributed by atoms with Crippen LogP contribution < -0.4 is 10.1 Å². The fourth-order valence-corrected chi connectivity index (χ4v) is 2.75. The van der Waals surface area contributed by atoms with Crippen molar-refractivity contribution in [1.29, 1.82) is 0 Å². The number of aryl methyl sites for hydroxylation is 1. The van der Waals surface area contributed by atoms with Crippen molar-refractivity contribution in [2.24, 2.45) is 5.92 Å². The number of amides is 3. The second-order valence-electron chi connectivity index (χ2n) is 6.04. The van der Waals surface area contributed by atoms with E-state index in [4.69, 9.17) is 4.74 Å². The summed E-state index contributed by atoms with van der Waals surface area (Å²) in [6, 6.07) is 6.56. The Morgan fingerprint density at radius 2 is 2.05 bits per heavy atom. The molecule has 1 aromatic rings. The summed E-state index contributed by atoms with van der Waals surface area (Å²) in [6.07, 6.45) is 1.84. The van der Waals surface area contributed by atoms with Crippen LogP contribution in [0.25, 0.3) is 0 Å². The number of benzene rings is 1. The minimum atomic E-state index is -0.875. The lowest BCUT2D eigenvalue weighted by molar-refractivity contribution is -0.141. The van der Waals surface area contributed by atoms with Crippen molar-refractivity contribution in [2.45, 2.75) is 32.2 Å². The average molecular weight is 302 g/mol. The molecule has 3 rings (SSSR count). The molecule has 22 heavy (non-hydrogen) atoms. The average Bonchev–Trinajstić information content (AvgIpc) is 3.28. The highest BCUT2D eigenvalue weighted by molar-refractivity contribution is 6.08. The number of hydrogen-bond donors (Lipinski definition) is 1. The van der Waals surface area contributed by atoms with E-state index in [0.717, 1.165) is 23.3 Å². The number of ether oxygens (including phenoxy) is 1. The van der Waals surface area contributed by atoms with Gasteiger partial charge in [-0.25, -0.2) is 9.59 Å². The van der Waals surface area contributed by atoms with Gasteiger partial charge in [0.2, 0.25) is 0 Å². The van der Waals surface area contributed by atoms with Crippen LogP contribution in [-0.4, -0.2) is 34.9 Å². The minimum absolute atomic E-state index is 0.168. The van der Waals surface area contributed by atoms with Gasteiger partial charge in [0.25, 0.3) is 5.91 Å². The van der Waals surface area contributed by atoms with Gasteiger partial charge in [0.1, 0.15) is 17.8 Å². The number of urea groups is 1. The van der Waals surface area contributed by atoms with Gasteiger partial charge in [0, 0.05) is 0 Å². The summed E-state index contributed by atoms with van der Waals surface area (Å²) in [7, 11) is 0. The maximum Gasteiger partial charge on any atom is 0.331 e. The number of para-hydroxylation sites is 1. The van der Waals surface area contributed by atoms with Gasteiger partial charge in [-0.05, 0) is 44.2 Å². The number of rotatable bonds is 4. The number of hydrogen-bond acceptors (Lipinski definition) is 4. The van der Waals surface area contributed by atoms with Crippen LogP contribution in [0, 0.1) is 12.8 Å². The van der Waals surface area contributed by atoms with Gasteiger partial charge < -0.3 is 10.1 Å². The van der Waals surface area contributed by atoms with E-state index in [1.54, 1.807) is 19.1 Å². The molecule has 1 atom stereocenters. The zero-order valence-electron chi connectivity index (χ0n) is 12.6. The molecule has 1 aromatic carbocycles. The summed E-state index contributed by atoms with van der Waals surface area (Å²) in [5, 5.41) is 2.70. The standard InChI is InChI=1S/C16H18N2O4/c1-10-5-3-4-6-12(10)22-13(19)9-18-14(20)16(2,11-7-8-11)17-15(18)21/h3-6,11H,7-9H2,1-2H3,(H,17,21). The van der Waals surface area contributed by atoms with Crippen LogP contribution in [0.5, 0.6) is 5.75 Å². The van der Waals surface area contributed by atoms with E-state index in [1.807, 2.05) is 19.1 Å². The Labute approximate surface area is 128 Å². The SMILES string of the molecule is Cc1ccccc1OC(=O)CN1C(=O)NC(C)(C2CC2)C1=O. The van der Waals surface area contributed by atoms with Crippen LogP contribution >= 0.6 is 0 Å². The molecule has 1 aliphatic carbocycles. The maximum atomic E-state index is 12.4. The van der Waals surface area contributed by atoms with Gasteiger partial charge in [-0.1, -0.05) is 18.2 Å². The monoisotopic (exact) mass is 302 g/mol. The molecule has 0 aromatic heterocycles. The molecule has 2 fully saturated rings. The van der Waals surface area contributed by atoms with Gasteiger partial charge >= 0.3 is 12.0 Å². The molecule has 1 heterocycles. The molecule has 1 aliphatic heterocycles. The molecule has 116 valence electrons. The molecular weight excluding hydrogens is 284 g/mol. The number of nitrogens with zero attached hydrogens (tertiary/aromatic N) is 1.